The number of ether oxygens (including phenoxy) is 1. The van der Waals surface area contributed by atoms with Crippen LogP contribution in [0, 0.1) is 10.8 Å². The van der Waals surface area contributed by atoms with Crippen molar-refractivity contribution in [2.24, 2.45) is 10.8 Å². The third-order valence-electron chi connectivity index (χ3n) is 1.99. The molecule has 0 aromatic rings. The van der Waals surface area contributed by atoms with E-state index in [0.717, 1.165) is 0 Å². The van der Waals surface area contributed by atoms with Crippen molar-refractivity contribution in [2.45, 2.75) is 34.6 Å². The van der Waals surface area contributed by atoms with E-state index in [2.05, 4.69) is 6.58 Å². The van der Waals surface area contributed by atoms with Crippen molar-refractivity contribution in [1.29, 1.82) is 0 Å². The van der Waals surface area contributed by atoms with Gasteiger partial charge in [-0.1, -0.05) is 40.7 Å². The van der Waals surface area contributed by atoms with E-state index in [4.69, 9.17) is 4.74 Å². The van der Waals surface area contributed by atoms with Crippen LogP contribution in [0.1, 0.15) is 34.6 Å². The zero-order chi connectivity index (χ0) is 11.4. The molecule has 0 fully saturated rings. The Morgan fingerprint density at radius 2 is 1.79 bits per heavy atom. The molecule has 82 valence electrons. The van der Waals surface area contributed by atoms with Crippen molar-refractivity contribution in [2.75, 3.05) is 13.2 Å². The Bertz CT molecular complexity index is 209. The van der Waals surface area contributed by atoms with Gasteiger partial charge in [0, 0.05) is 10.8 Å². The Hall–Kier alpha value is -0.630. The largest absolute Gasteiger partial charge is 0.376 e. The fourth-order valence-corrected chi connectivity index (χ4v) is 1.48. The Kier molecular flexibility index (Phi) is 4.53. The molecule has 14 heavy (non-hydrogen) atoms. The molecule has 0 spiro atoms. The molecule has 0 aliphatic carbocycles. The Balaban J connectivity index is 4.31. The van der Waals surface area contributed by atoms with E-state index in [1.165, 1.54) is 0 Å². The summed E-state index contributed by atoms with van der Waals surface area (Å²) in [6.07, 6.45) is 1.69. The molecule has 0 atom stereocenters. The molecule has 0 bridgehead atoms. The Morgan fingerprint density at radius 3 is 2.14 bits per heavy atom. The van der Waals surface area contributed by atoms with Gasteiger partial charge in [-0.05, 0) is 0 Å². The summed E-state index contributed by atoms with van der Waals surface area (Å²) in [6.45, 7) is 14.2. The highest BCUT2D eigenvalue weighted by atomic mass is 16.5. The smallest absolute Gasteiger partial charge is 0.146 e. The van der Waals surface area contributed by atoms with E-state index < -0.39 is 5.41 Å². The van der Waals surface area contributed by atoms with Crippen LogP contribution in [0.5, 0.6) is 0 Å². The topological polar surface area (TPSA) is 26.3 Å². The van der Waals surface area contributed by atoms with Crippen LogP contribution in [0.25, 0.3) is 0 Å². The average Bonchev–Trinajstić information content (AvgIpc) is 2.01. The predicted octanol–water partition coefficient (Wildman–Crippen LogP) is 2.83. The van der Waals surface area contributed by atoms with Crippen molar-refractivity contribution >= 4 is 5.78 Å². The molecule has 0 heterocycles. The molecule has 0 aromatic heterocycles. The second-order valence-electron chi connectivity index (χ2n) is 5.27. The molecule has 0 unspecified atom stereocenters. The molecule has 0 aliphatic rings. The SMILES string of the molecule is C=CCOCC(C)(C)C(=O)C(C)(C)C. The lowest BCUT2D eigenvalue weighted by atomic mass is 9.75. The van der Waals surface area contributed by atoms with Crippen LogP contribution in [-0.2, 0) is 9.53 Å². The van der Waals surface area contributed by atoms with Gasteiger partial charge in [0.2, 0.25) is 0 Å². The molecular weight excluding hydrogens is 176 g/mol. The molecule has 0 radical (unpaired) electrons. The number of hydrogen-bond acceptors (Lipinski definition) is 2. The molecule has 0 aliphatic heterocycles. The zero-order valence-corrected chi connectivity index (χ0v) is 10.0. The van der Waals surface area contributed by atoms with E-state index in [1.54, 1.807) is 6.08 Å². The van der Waals surface area contributed by atoms with Gasteiger partial charge in [0.25, 0.3) is 0 Å². The fraction of sp³-hybridized carbons (Fsp3) is 0.750. The molecule has 0 N–H and O–H groups in total. The van der Waals surface area contributed by atoms with Crippen molar-refractivity contribution in [1.82, 2.24) is 0 Å². The average molecular weight is 198 g/mol. The van der Waals surface area contributed by atoms with Gasteiger partial charge in [-0.15, -0.1) is 6.58 Å². The van der Waals surface area contributed by atoms with Crippen LogP contribution >= 0.6 is 0 Å². The summed E-state index contributed by atoms with van der Waals surface area (Å²) in [5.41, 5.74) is -0.720. The van der Waals surface area contributed by atoms with Gasteiger partial charge in [-0.3, -0.25) is 4.79 Å². The van der Waals surface area contributed by atoms with Crippen LogP contribution in [0.3, 0.4) is 0 Å². The highest BCUT2D eigenvalue weighted by molar-refractivity contribution is 5.88. The summed E-state index contributed by atoms with van der Waals surface area (Å²) in [7, 11) is 0. The highest BCUT2D eigenvalue weighted by Gasteiger charge is 2.35. The first-order chi connectivity index (χ1) is 6.22. The standard InChI is InChI=1S/C12H22O2/c1-7-8-14-9-12(5,6)10(13)11(2,3)4/h7H,1,8-9H2,2-6H3. The summed E-state index contributed by atoms with van der Waals surface area (Å²) >= 11 is 0. The second kappa shape index (κ2) is 4.74. The Morgan fingerprint density at radius 1 is 1.29 bits per heavy atom. The third-order valence-corrected chi connectivity index (χ3v) is 1.99. The first-order valence-electron chi connectivity index (χ1n) is 4.95. The number of ketones is 1. The molecular formula is C12H22O2. The van der Waals surface area contributed by atoms with Crippen molar-refractivity contribution in [3.8, 4) is 0 Å². The van der Waals surface area contributed by atoms with Gasteiger partial charge in [0.1, 0.15) is 5.78 Å². The molecule has 2 nitrogen and oxygen atoms in total. The molecule has 0 rings (SSSR count). The maximum absolute atomic E-state index is 12.0. The fourth-order valence-electron chi connectivity index (χ4n) is 1.48. The lowest BCUT2D eigenvalue weighted by Crippen LogP contribution is -2.38. The monoisotopic (exact) mass is 198 g/mol. The molecule has 0 amide bonds. The van der Waals surface area contributed by atoms with E-state index in [1.807, 2.05) is 34.6 Å². The maximum atomic E-state index is 12.0. The van der Waals surface area contributed by atoms with Crippen LogP contribution < -0.4 is 0 Å². The van der Waals surface area contributed by atoms with E-state index in [9.17, 15) is 4.79 Å². The van der Waals surface area contributed by atoms with Crippen LogP contribution in [0.15, 0.2) is 12.7 Å². The summed E-state index contributed by atoms with van der Waals surface area (Å²) in [6, 6.07) is 0. The number of rotatable bonds is 5. The van der Waals surface area contributed by atoms with E-state index >= 15 is 0 Å². The van der Waals surface area contributed by atoms with Crippen molar-refractivity contribution in [3.05, 3.63) is 12.7 Å². The normalized spacial score (nSPS) is 12.6. The first kappa shape index (κ1) is 13.4. The summed E-state index contributed by atoms with van der Waals surface area (Å²) in [5, 5.41) is 0. The Labute approximate surface area is 87.3 Å². The van der Waals surface area contributed by atoms with Crippen LogP contribution in [0.2, 0.25) is 0 Å². The second-order valence-corrected chi connectivity index (χ2v) is 5.27. The minimum absolute atomic E-state index is 0.231. The van der Waals surface area contributed by atoms with Gasteiger partial charge >= 0.3 is 0 Å². The summed E-state index contributed by atoms with van der Waals surface area (Å²) in [4.78, 5) is 12.0. The maximum Gasteiger partial charge on any atom is 0.146 e. The molecule has 0 saturated heterocycles. The van der Waals surface area contributed by atoms with Crippen molar-refractivity contribution in [3.63, 3.8) is 0 Å². The van der Waals surface area contributed by atoms with Gasteiger partial charge in [-0.25, -0.2) is 0 Å². The number of carbonyl (C=O) groups is 1. The molecule has 0 saturated carbocycles. The first-order valence-corrected chi connectivity index (χ1v) is 4.95. The van der Waals surface area contributed by atoms with Crippen molar-refractivity contribution < 1.29 is 9.53 Å². The number of hydrogen-bond donors (Lipinski definition) is 0. The number of Topliss-reactive ketones (excluding diaryl/α,β-unsaturated/α-hetero) is 1. The zero-order valence-electron chi connectivity index (χ0n) is 10.0. The van der Waals surface area contributed by atoms with Gasteiger partial charge in [-0.2, -0.15) is 0 Å². The highest BCUT2D eigenvalue weighted by Crippen LogP contribution is 2.29. The van der Waals surface area contributed by atoms with E-state index in [0.29, 0.717) is 13.2 Å². The van der Waals surface area contributed by atoms with Gasteiger partial charge < -0.3 is 4.74 Å². The lowest BCUT2D eigenvalue weighted by Gasteiger charge is -2.30. The predicted molar refractivity (Wildman–Crippen MR) is 59.3 cm³/mol. The summed E-state index contributed by atoms with van der Waals surface area (Å²) in [5.74, 6) is 0.231. The number of carbonyl (C=O) groups excluding carboxylic acids is 1. The van der Waals surface area contributed by atoms with Gasteiger partial charge in [0.05, 0.1) is 13.2 Å². The van der Waals surface area contributed by atoms with Crippen LogP contribution in [0.4, 0.5) is 0 Å². The molecule has 0 aromatic carbocycles. The quantitative estimate of drug-likeness (QED) is 0.501. The lowest BCUT2D eigenvalue weighted by molar-refractivity contribution is -0.138. The third kappa shape index (κ3) is 4.05. The summed E-state index contributed by atoms with van der Waals surface area (Å²) < 4.78 is 5.32. The minimum atomic E-state index is -0.415. The van der Waals surface area contributed by atoms with E-state index in [-0.39, 0.29) is 11.2 Å². The van der Waals surface area contributed by atoms with Crippen LogP contribution in [-0.4, -0.2) is 19.0 Å². The minimum Gasteiger partial charge on any atom is -0.376 e. The van der Waals surface area contributed by atoms with Gasteiger partial charge in [0.15, 0.2) is 0 Å². The molecule has 2 heteroatoms.